The Morgan fingerprint density at radius 2 is 2.15 bits per heavy atom. The molecule has 0 heterocycles. The zero-order valence-electron chi connectivity index (χ0n) is 7.87. The van der Waals surface area contributed by atoms with Crippen LogP contribution in [0.25, 0.3) is 6.08 Å². The Hall–Kier alpha value is -1.57. The lowest BCUT2D eigenvalue weighted by atomic mass is 10.1. The fraction of sp³-hybridized carbons (Fsp3) is 0.182. The average Bonchev–Trinajstić information content (AvgIpc) is 2.11. The van der Waals surface area contributed by atoms with Crippen LogP contribution in [0.4, 0.5) is 5.69 Å². The molecule has 0 radical (unpaired) electrons. The van der Waals surface area contributed by atoms with Crippen LogP contribution in [0.1, 0.15) is 18.1 Å². The SMILES string of the molecule is C/C=C\c1c(C)cccc1NC=O. The Morgan fingerprint density at radius 1 is 1.38 bits per heavy atom. The van der Waals surface area contributed by atoms with Crippen molar-refractivity contribution in [2.45, 2.75) is 13.8 Å². The van der Waals surface area contributed by atoms with Gasteiger partial charge in [-0.1, -0.05) is 24.3 Å². The molecule has 0 saturated heterocycles. The van der Waals surface area contributed by atoms with Crippen molar-refractivity contribution in [1.29, 1.82) is 0 Å². The van der Waals surface area contributed by atoms with Crippen molar-refractivity contribution in [3.63, 3.8) is 0 Å². The molecule has 68 valence electrons. The summed E-state index contributed by atoms with van der Waals surface area (Å²) in [6.45, 7) is 3.97. The first-order valence-electron chi connectivity index (χ1n) is 4.22. The van der Waals surface area contributed by atoms with Gasteiger partial charge in [0.25, 0.3) is 0 Å². The van der Waals surface area contributed by atoms with Crippen LogP contribution >= 0.6 is 0 Å². The Bertz CT molecular complexity index is 329. The first-order valence-corrected chi connectivity index (χ1v) is 4.22. The van der Waals surface area contributed by atoms with Crippen LogP contribution in [0.2, 0.25) is 0 Å². The van der Waals surface area contributed by atoms with Crippen molar-refractivity contribution >= 4 is 18.2 Å². The molecule has 0 bridgehead atoms. The first kappa shape index (κ1) is 9.52. The van der Waals surface area contributed by atoms with E-state index < -0.39 is 0 Å². The van der Waals surface area contributed by atoms with E-state index in [1.807, 2.05) is 44.2 Å². The zero-order chi connectivity index (χ0) is 9.68. The highest BCUT2D eigenvalue weighted by atomic mass is 16.1. The lowest BCUT2D eigenvalue weighted by Crippen LogP contribution is -1.97. The molecule has 1 rings (SSSR count). The molecule has 0 unspecified atom stereocenters. The van der Waals surface area contributed by atoms with E-state index >= 15 is 0 Å². The quantitative estimate of drug-likeness (QED) is 0.703. The fourth-order valence-corrected chi connectivity index (χ4v) is 1.26. The molecule has 0 atom stereocenters. The molecule has 0 aliphatic heterocycles. The molecule has 1 aromatic carbocycles. The number of allylic oxidation sites excluding steroid dienone is 1. The summed E-state index contributed by atoms with van der Waals surface area (Å²) in [5.74, 6) is 0. The van der Waals surface area contributed by atoms with Crippen molar-refractivity contribution in [3.8, 4) is 0 Å². The van der Waals surface area contributed by atoms with E-state index in [0.717, 1.165) is 16.8 Å². The van der Waals surface area contributed by atoms with Crippen LogP contribution in [-0.4, -0.2) is 6.41 Å². The second-order valence-corrected chi connectivity index (χ2v) is 2.80. The summed E-state index contributed by atoms with van der Waals surface area (Å²) in [6, 6.07) is 5.83. The number of anilines is 1. The molecular weight excluding hydrogens is 162 g/mol. The maximum atomic E-state index is 10.3. The normalized spacial score (nSPS) is 10.3. The summed E-state index contributed by atoms with van der Waals surface area (Å²) in [4.78, 5) is 10.3. The molecule has 1 N–H and O–H groups in total. The Balaban J connectivity index is 3.16. The molecule has 0 aliphatic carbocycles. The van der Waals surface area contributed by atoms with Gasteiger partial charge < -0.3 is 5.32 Å². The molecule has 0 saturated carbocycles. The number of hydrogen-bond donors (Lipinski definition) is 1. The maximum Gasteiger partial charge on any atom is 0.211 e. The molecule has 0 aliphatic rings. The lowest BCUT2D eigenvalue weighted by Gasteiger charge is -2.06. The maximum absolute atomic E-state index is 10.3. The van der Waals surface area contributed by atoms with E-state index in [0.29, 0.717) is 6.41 Å². The van der Waals surface area contributed by atoms with Crippen LogP contribution in [-0.2, 0) is 4.79 Å². The average molecular weight is 175 g/mol. The minimum absolute atomic E-state index is 0.696. The highest BCUT2D eigenvalue weighted by Gasteiger charge is 1.99. The van der Waals surface area contributed by atoms with Crippen molar-refractivity contribution in [1.82, 2.24) is 0 Å². The van der Waals surface area contributed by atoms with Crippen LogP contribution < -0.4 is 5.32 Å². The topological polar surface area (TPSA) is 29.1 Å². The first-order chi connectivity index (χ1) is 6.29. The number of carbonyl (C=O) groups excluding carboxylic acids is 1. The second kappa shape index (κ2) is 4.45. The number of benzene rings is 1. The van der Waals surface area contributed by atoms with Gasteiger partial charge in [0.2, 0.25) is 6.41 Å². The number of rotatable bonds is 3. The van der Waals surface area contributed by atoms with Gasteiger partial charge in [-0.3, -0.25) is 4.79 Å². The molecule has 0 fully saturated rings. The van der Waals surface area contributed by atoms with Crippen molar-refractivity contribution < 1.29 is 4.79 Å². The summed E-state index contributed by atoms with van der Waals surface area (Å²) < 4.78 is 0. The number of aryl methyl sites for hydroxylation is 1. The third-order valence-electron chi connectivity index (χ3n) is 1.87. The Kier molecular flexibility index (Phi) is 3.26. The van der Waals surface area contributed by atoms with E-state index in [1.165, 1.54) is 0 Å². The summed E-state index contributed by atoms with van der Waals surface area (Å²) in [6.07, 6.45) is 4.64. The molecular formula is C11H13NO. The van der Waals surface area contributed by atoms with E-state index in [-0.39, 0.29) is 0 Å². The summed E-state index contributed by atoms with van der Waals surface area (Å²) in [5, 5.41) is 2.67. The summed E-state index contributed by atoms with van der Waals surface area (Å²) in [7, 11) is 0. The summed E-state index contributed by atoms with van der Waals surface area (Å²) in [5.41, 5.74) is 3.08. The minimum atomic E-state index is 0.696. The molecule has 1 amide bonds. The predicted molar refractivity (Wildman–Crippen MR) is 55.6 cm³/mol. The van der Waals surface area contributed by atoms with Crippen molar-refractivity contribution in [2.75, 3.05) is 5.32 Å². The Labute approximate surface area is 78.3 Å². The van der Waals surface area contributed by atoms with E-state index in [4.69, 9.17) is 0 Å². The van der Waals surface area contributed by atoms with Gasteiger partial charge in [0, 0.05) is 11.3 Å². The van der Waals surface area contributed by atoms with Gasteiger partial charge in [0.15, 0.2) is 0 Å². The molecule has 2 nitrogen and oxygen atoms in total. The van der Waals surface area contributed by atoms with Gasteiger partial charge in [0.1, 0.15) is 0 Å². The highest BCUT2D eigenvalue weighted by Crippen LogP contribution is 2.20. The van der Waals surface area contributed by atoms with Crippen molar-refractivity contribution in [2.24, 2.45) is 0 Å². The van der Waals surface area contributed by atoms with Gasteiger partial charge >= 0.3 is 0 Å². The fourth-order valence-electron chi connectivity index (χ4n) is 1.26. The van der Waals surface area contributed by atoms with Gasteiger partial charge in [0.05, 0.1) is 0 Å². The lowest BCUT2D eigenvalue weighted by molar-refractivity contribution is -0.105. The molecule has 0 spiro atoms. The second-order valence-electron chi connectivity index (χ2n) is 2.80. The summed E-state index contributed by atoms with van der Waals surface area (Å²) >= 11 is 0. The van der Waals surface area contributed by atoms with Gasteiger partial charge in [-0.25, -0.2) is 0 Å². The van der Waals surface area contributed by atoms with Crippen LogP contribution in [0.15, 0.2) is 24.3 Å². The van der Waals surface area contributed by atoms with Gasteiger partial charge in [-0.2, -0.15) is 0 Å². The van der Waals surface area contributed by atoms with Gasteiger partial charge in [-0.05, 0) is 25.5 Å². The molecule has 0 aromatic heterocycles. The number of hydrogen-bond acceptors (Lipinski definition) is 1. The zero-order valence-corrected chi connectivity index (χ0v) is 7.87. The number of nitrogens with one attached hydrogen (secondary N) is 1. The van der Waals surface area contributed by atoms with Crippen LogP contribution in [0.3, 0.4) is 0 Å². The standard InChI is InChI=1S/C11H13NO/c1-3-5-10-9(2)6-4-7-11(10)12-8-13/h3-8H,1-2H3,(H,12,13)/b5-3-. The van der Waals surface area contributed by atoms with E-state index in [2.05, 4.69) is 5.32 Å². The van der Waals surface area contributed by atoms with Crippen LogP contribution in [0.5, 0.6) is 0 Å². The molecule has 2 heteroatoms. The van der Waals surface area contributed by atoms with E-state index in [9.17, 15) is 4.79 Å². The Morgan fingerprint density at radius 3 is 2.77 bits per heavy atom. The molecule has 13 heavy (non-hydrogen) atoms. The van der Waals surface area contributed by atoms with Crippen LogP contribution in [0, 0.1) is 6.92 Å². The molecule has 1 aromatic rings. The van der Waals surface area contributed by atoms with Gasteiger partial charge in [-0.15, -0.1) is 0 Å². The predicted octanol–water partition coefficient (Wildman–Crippen LogP) is 2.60. The number of amides is 1. The minimum Gasteiger partial charge on any atom is -0.328 e. The number of carbonyl (C=O) groups is 1. The highest BCUT2D eigenvalue weighted by molar-refractivity contribution is 5.79. The third kappa shape index (κ3) is 2.18. The van der Waals surface area contributed by atoms with Crippen molar-refractivity contribution in [3.05, 3.63) is 35.4 Å². The third-order valence-corrected chi connectivity index (χ3v) is 1.87. The van der Waals surface area contributed by atoms with E-state index in [1.54, 1.807) is 0 Å². The monoisotopic (exact) mass is 175 g/mol. The largest absolute Gasteiger partial charge is 0.328 e. The smallest absolute Gasteiger partial charge is 0.211 e.